The third-order valence-electron chi connectivity index (χ3n) is 2.65. The summed E-state index contributed by atoms with van der Waals surface area (Å²) in [5.74, 6) is 0.907. The number of benzene rings is 1. The fourth-order valence-electron chi connectivity index (χ4n) is 1.59. The first kappa shape index (κ1) is 12.1. The molecule has 1 atom stereocenters. The van der Waals surface area contributed by atoms with Crippen molar-refractivity contribution in [2.75, 3.05) is 6.61 Å². The molecular weight excluding hydrogens is 230 g/mol. The maximum atomic E-state index is 5.79. The van der Waals surface area contributed by atoms with Gasteiger partial charge in [0.15, 0.2) is 0 Å². The predicted molar refractivity (Wildman–Crippen MR) is 72.6 cm³/mol. The Labute approximate surface area is 106 Å². The lowest BCUT2D eigenvalue weighted by molar-refractivity contribution is 0.322. The van der Waals surface area contributed by atoms with Gasteiger partial charge in [0.2, 0.25) is 0 Å². The Morgan fingerprint density at radius 3 is 2.59 bits per heavy atom. The third-order valence-corrected chi connectivity index (χ3v) is 3.38. The molecule has 0 aliphatic carbocycles. The summed E-state index contributed by atoms with van der Waals surface area (Å²) in [5.41, 5.74) is 8.26. The third kappa shape index (κ3) is 3.58. The minimum absolute atomic E-state index is 0.0786. The molecule has 2 aromatic rings. The lowest BCUT2D eigenvalue weighted by Gasteiger charge is -2.08. The Hall–Kier alpha value is -1.32. The smallest absolute Gasteiger partial charge is 0.119 e. The molecule has 1 heterocycles. The highest BCUT2D eigenvalue weighted by molar-refractivity contribution is 7.07. The zero-order valence-electron chi connectivity index (χ0n) is 9.93. The number of hydrogen-bond acceptors (Lipinski definition) is 3. The second-order valence-corrected chi connectivity index (χ2v) is 4.87. The van der Waals surface area contributed by atoms with Crippen LogP contribution in [0.25, 0.3) is 0 Å². The van der Waals surface area contributed by atoms with Crippen LogP contribution in [0.2, 0.25) is 0 Å². The van der Waals surface area contributed by atoms with Crippen molar-refractivity contribution in [2.45, 2.75) is 19.4 Å². The molecule has 2 rings (SSSR count). The summed E-state index contributed by atoms with van der Waals surface area (Å²) in [5, 5.41) is 4.25. The number of thiophene rings is 1. The molecule has 0 saturated carbocycles. The Morgan fingerprint density at radius 2 is 2.00 bits per heavy atom. The molecule has 0 saturated heterocycles. The van der Waals surface area contributed by atoms with Gasteiger partial charge in [-0.2, -0.15) is 11.3 Å². The fourth-order valence-corrected chi connectivity index (χ4v) is 2.29. The van der Waals surface area contributed by atoms with Gasteiger partial charge in [-0.3, -0.25) is 0 Å². The summed E-state index contributed by atoms with van der Waals surface area (Å²) >= 11 is 1.72. The molecular formula is C14H17NOS. The van der Waals surface area contributed by atoms with Crippen LogP contribution >= 0.6 is 11.3 Å². The van der Waals surface area contributed by atoms with Gasteiger partial charge in [-0.25, -0.2) is 0 Å². The van der Waals surface area contributed by atoms with E-state index in [1.807, 2.05) is 31.2 Å². The van der Waals surface area contributed by atoms with Crippen LogP contribution in [0.4, 0.5) is 0 Å². The molecule has 90 valence electrons. The van der Waals surface area contributed by atoms with Gasteiger partial charge >= 0.3 is 0 Å². The first-order valence-electron chi connectivity index (χ1n) is 5.75. The van der Waals surface area contributed by atoms with Gasteiger partial charge in [0.05, 0.1) is 6.61 Å². The van der Waals surface area contributed by atoms with Crippen molar-refractivity contribution in [3.05, 3.63) is 52.2 Å². The number of ether oxygens (including phenoxy) is 1. The minimum atomic E-state index is 0.0786. The molecule has 0 amide bonds. The van der Waals surface area contributed by atoms with Crippen LogP contribution in [0, 0.1) is 0 Å². The first-order valence-corrected chi connectivity index (χ1v) is 6.69. The van der Waals surface area contributed by atoms with Crippen molar-refractivity contribution in [1.29, 1.82) is 0 Å². The van der Waals surface area contributed by atoms with E-state index in [-0.39, 0.29) is 6.04 Å². The van der Waals surface area contributed by atoms with Crippen molar-refractivity contribution in [3.63, 3.8) is 0 Å². The molecule has 0 spiro atoms. The molecule has 3 heteroatoms. The average molecular weight is 247 g/mol. The van der Waals surface area contributed by atoms with E-state index in [9.17, 15) is 0 Å². The number of hydrogen-bond donors (Lipinski definition) is 1. The molecule has 0 aliphatic heterocycles. The van der Waals surface area contributed by atoms with Gasteiger partial charge in [-0.15, -0.1) is 0 Å². The quantitative estimate of drug-likeness (QED) is 0.879. The highest BCUT2D eigenvalue weighted by Gasteiger charge is 2.00. The highest BCUT2D eigenvalue weighted by Crippen LogP contribution is 2.16. The average Bonchev–Trinajstić information content (AvgIpc) is 2.83. The largest absolute Gasteiger partial charge is 0.493 e. The maximum absolute atomic E-state index is 5.79. The van der Waals surface area contributed by atoms with Crippen LogP contribution < -0.4 is 10.5 Å². The second kappa shape index (κ2) is 5.84. The molecule has 1 aromatic carbocycles. The van der Waals surface area contributed by atoms with Gasteiger partial charge in [0, 0.05) is 12.5 Å². The van der Waals surface area contributed by atoms with Crippen molar-refractivity contribution in [1.82, 2.24) is 0 Å². The molecule has 17 heavy (non-hydrogen) atoms. The minimum Gasteiger partial charge on any atom is -0.493 e. The monoisotopic (exact) mass is 247 g/mol. The maximum Gasteiger partial charge on any atom is 0.119 e. The Bertz CT molecular complexity index is 434. The van der Waals surface area contributed by atoms with Gasteiger partial charge in [0.25, 0.3) is 0 Å². The van der Waals surface area contributed by atoms with Gasteiger partial charge in [-0.05, 0) is 47.0 Å². The lowest BCUT2D eigenvalue weighted by atomic mass is 10.1. The molecule has 0 radical (unpaired) electrons. The summed E-state index contributed by atoms with van der Waals surface area (Å²) in [6, 6.07) is 10.2. The zero-order chi connectivity index (χ0) is 12.1. The lowest BCUT2D eigenvalue weighted by Crippen LogP contribution is -2.05. The van der Waals surface area contributed by atoms with Crippen molar-refractivity contribution in [3.8, 4) is 5.75 Å². The van der Waals surface area contributed by atoms with E-state index in [2.05, 4.69) is 16.8 Å². The molecule has 2 nitrogen and oxygen atoms in total. The van der Waals surface area contributed by atoms with Gasteiger partial charge in [-0.1, -0.05) is 12.1 Å². The molecule has 0 bridgehead atoms. The SMILES string of the molecule is C[C@H](N)c1ccc(OCCc2ccsc2)cc1. The Kier molecular flexibility index (Phi) is 4.18. The van der Waals surface area contributed by atoms with Gasteiger partial charge in [0.1, 0.15) is 5.75 Å². The van der Waals surface area contributed by atoms with Gasteiger partial charge < -0.3 is 10.5 Å². The summed E-state index contributed by atoms with van der Waals surface area (Å²) in [6.45, 7) is 2.70. The second-order valence-electron chi connectivity index (χ2n) is 4.09. The molecule has 0 aliphatic rings. The van der Waals surface area contributed by atoms with Crippen LogP contribution in [-0.4, -0.2) is 6.61 Å². The van der Waals surface area contributed by atoms with E-state index in [0.717, 1.165) is 17.7 Å². The first-order chi connectivity index (χ1) is 8.25. The topological polar surface area (TPSA) is 35.2 Å². The summed E-state index contributed by atoms with van der Waals surface area (Å²) < 4.78 is 5.68. The summed E-state index contributed by atoms with van der Waals surface area (Å²) in [6.07, 6.45) is 0.957. The van der Waals surface area contributed by atoms with E-state index in [1.54, 1.807) is 11.3 Å². The van der Waals surface area contributed by atoms with Crippen LogP contribution in [0.15, 0.2) is 41.1 Å². The molecule has 1 aromatic heterocycles. The predicted octanol–water partition coefficient (Wildman–Crippen LogP) is 3.39. The van der Waals surface area contributed by atoms with Crippen LogP contribution in [0.3, 0.4) is 0 Å². The number of rotatable bonds is 5. The van der Waals surface area contributed by atoms with E-state index in [4.69, 9.17) is 10.5 Å². The fraction of sp³-hybridized carbons (Fsp3) is 0.286. The van der Waals surface area contributed by atoms with E-state index < -0.39 is 0 Å². The standard InChI is InChI=1S/C14H17NOS/c1-11(15)13-2-4-14(5-3-13)16-8-6-12-7-9-17-10-12/h2-5,7,9-11H,6,8,15H2,1H3/t11-/m0/s1. The van der Waals surface area contributed by atoms with Crippen LogP contribution in [-0.2, 0) is 6.42 Å². The van der Waals surface area contributed by atoms with Crippen molar-refractivity contribution < 1.29 is 4.74 Å². The van der Waals surface area contributed by atoms with E-state index in [0.29, 0.717) is 6.61 Å². The zero-order valence-corrected chi connectivity index (χ0v) is 10.7. The van der Waals surface area contributed by atoms with Crippen molar-refractivity contribution >= 4 is 11.3 Å². The number of nitrogens with two attached hydrogens (primary N) is 1. The van der Waals surface area contributed by atoms with Crippen molar-refractivity contribution in [2.24, 2.45) is 5.73 Å². The van der Waals surface area contributed by atoms with E-state index >= 15 is 0 Å². The normalized spacial score (nSPS) is 12.4. The Morgan fingerprint density at radius 1 is 1.24 bits per heavy atom. The Balaban J connectivity index is 1.83. The molecule has 0 unspecified atom stereocenters. The van der Waals surface area contributed by atoms with Crippen LogP contribution in [0.5, 0.6) is 5.75 Å². The summed E-state index contributed by atoms with van der Waals surface area (Å²) in [4.78, 5) is 0. The highest BCUT2D eigenvalue weighted by atomic mass is 32.1. The summed E-state index contributed by atoms with van der Waals surface area (Å²) in [7, 11) is 0. The molecule has 2 N–H and O–H groups in total. The van der Waals surface area contributed by atoms with E-state index in [1.165, 1.54) is 5.56 Å². The molecule has 0 fully saturated rings. The van der Waals surface area contributed by atoms with Crippen LogP contribution in [0.1, 0.15) is 24.1 Å².